The van der Waals surface area contributed by atoms with E-state index in [1.807, 2.05) is 46.9 Å². The molecule has 3 saturated heterocycles. The SMILES string of the molecule is CC[C@@H]1C[C@]1(CC(=O)[C@@H]1C[C@@H](Oc2cc(-c3csc(NC(C)C)n3)nc3c(Cl)c(OC)ccc23)CN1C(=O)[C@@H](CC(=O)OC1C[C@H]2CC[C@@H](C1)O2)C(C)(C)C)C(=O)O. The van der Waals surface area contributed by atoms with Gasteiger partial charge in [-0.05, 0) is 56.6 Å². The molecule has 5 heterocycles. The molecule has 1 unspecified atom stereocenters. The summed E-state index contributed by atoms with van der Waals surface area (Å²) in [5, 5.41) is 17.1. The monoisotopic (exact) mass is 838 g/mol. The average Bonchev–Trinajstić information content (AvgIpc) is 3.42. The molecule has 4 aliphatic rings. The number of Topliss-reactive ketones (excluding diaryl/α,β-unsaturated/α-hetero) is 1. The molecule has 2 aromatic heterocycles. The second kappa shape index (κ2) is 16.6. The number of carbonyl (C=O) groups excluding carboxylic acids is 3. The normalized spacial score (nSPS) is 27.1. The van der Waals surface area contributed by atoms with Gasteiger partial charge in [0.25, 0.3) is 0 Å². The molecule has 3 aromatic rings. The number of nitrogens with zero attached hydrogens (tertiary/aromatic N) is 3. The van der Waals surface area contributed by atoms with Gasteiger partial charge in [0.2, 0.25) is 5.91 Å². The fourth-order valence-electron chi connectivity index (χ4n) is 9.08. The van der Waals surface area contributed by atoms with Crippen LogP contribution in [0.25, 0.3) is 22.3 Å². The fraction of sp³-hybridized carbons (Fsp3) is 0.628. The molecule has 1 aliphatic carbocycles. The van der Waals surface area contributed by atoms with Gasteiger partial charge in [-0.25, -0.2) is 9.97 Å². The van der Waals surface area contributed by atoms with Gasteiger partial charge in [0.15, 0.2) is 10.9 Å². The van der Waals surface area contributed by atoms with Crippen molar-refractivity contribution in [2.24, 2.45) is 22.7 Å². The van der Waals surface area contributed by atoms with Crippen molar-refractivity contribution in [3.63, 3.8) is 0 Å². The number of hydrogen-bond acceptors (Lipinski definition) is 12. The predicted octanol–water partition coefficient (Wildman–Crippen LogP) is 7.95. The number of aliphatic carboxylic acids is 1. The second-order valence-electron chi connectivity index (χ2n) is 17.9. The molecule has 58 heavy (non-hydrogen) atoms. The number of anilines is 1. The van der Waals surface area contributed by atoms with Crippen LogP contribution in [0.15, 0.2) is 23.6 Å². The van der Waals surface area contributed by atoms with Crippen LogP contribution >= 0.6 is 22.9 Å². The third kappa shape index (κ3) is 8.65. The molecule has 1 amide bonds. The number of aromatic nitrogens is 2. The molecule has 3 aliphatic heterocycles. The Morgan fingerprint density at radius 2 is 1.79 bits per heavy atom. The van der Waals surface area contributed by atoms with E-state index in [0.717, 1.165) is 18.0 Å². The summed E-state index contributed by atoms with van der Waals surface area (Å²) in [6.07, 6.45) is 3.28. The van der Waals surface area contributed by atoms with Crippen LogP contribution in [-0.2, 0) is 28.7 Å². The van der Waals surface area contributed by atoms with Gasteiger partial charge in [0, 0.05) is 48.6 Å². The number of carbonyl (C=O) groups is 4. The first-order valence-electron chi connectivity index (χ1n) is 20.5. The number of carboxylic acids is 1. The lowest BCUT2D eigenvalue weighted by Gasteiger charge is -2.35. The average molecular weight is 839 g/mol. The first-order valence-corrected chi connectivity index (χ1v) is 21.7. The summed E-state index contributed by atoms with van der Waals surface area (Å²) >= 11 is 8.29. The minimum absolute atomic E-state index is 0.0413. The molecule has 314 valence electrons. The van der Waals surface area contributed by atoms with Crippen LogP contribution in [0.5, 0.6) is 11.5 Å². The highest BCUT2D eigenvalue weighted by molar-refractivity contribution is 7.14. The molecule has 1 saturated carbocycles. The summed E-state index contributed by atoms with van der Waals surface area (Å²) in [6, 6.07) is 4.53. The van der Waals surface area contributed by atoms with Crippen molar-refractivity contribution in [1.82, 2.24) is 14.9 Å². The van der Waals surface area contributed by atoms with E-state index >= 15 is 0 Å². The Kier molecular flexibility index (Phi) is 12.0. The zero-order valence-electron chi connectivity index (χ0n) is 34.3. The van der Waals surface area contributed by atoms with Crippen LogP contribution in [0.4, 0.5) is 5.13 Å². The molecular formula is C43H55ClN4O9S. The summed E-state index contributed by atoms with van der Waals surface area (Å²) in [5.74, 6) is -2.22. The maximum Gasteiger partial charge on any atom is 0.310 e. The van der Waals surface area contributed by atoms with E-state index < -0.39 is 40.8 Å². The molecule has 2 N–H and O–H groups in total. The highest BCUT2D eigenvalue weighted by Gasteiger charge is 2.61. The number of ether oxygens (including phenoxy) is 4. The van der Waals surface area contributed by atoms with Crippen LogP contribution in [-0.4, -0.2) is 93.8 Å². The number of esters is 1. The Morgan fingerprint density at radius 3 is 2.41 bits per heavy atom. The highest BCUT2D eigenvalue weighted by Crippen LogP contribution is 2.58. The summed E-state index contributed by atoms with van der Waals surface area (Å²) in [4.78, 5) is 66.5. The summed E-state index contributed by atoms with van der Waals surface area (Å²) in [6.45, 7) is 11.7. The van der Waals surface area contributed by atoms with Crippen molar-refractivity contribution in [2.45, 2.75) is 136 Å². The Balaban J connectivity index is 1.19. The largest absolute Gasteiger partial charge is 0.495 e. The van der Waals surface area contributed by atoms with E-state index in [1.165, 1.54) is 23.3 Å². The van der Waals surface area contributed by atoms with Crippen molar-refractivity contribution in [1.29, 1.82) is 0 Å². The molecule has 8 atom stereocenters. The number of fused-ring (bicyclic) bond motifs is 3. The number of benzene rings is 1. The predicted molar refractivity (Wildman–Crippen MR) is 220 cm³/mol. The van der Waals surface area contributed by atoms with Crippen LogP contribution in [0.3, 0.4) is 0 Å². The number of methoxy groups -OCH3 is 1. The number of likely N-dealkylation sites (tertiary alicyclic amines) is 1. The topological polar surface area (TPSA) is 166 Å². The third-order valence-corrected chi connectivity index (χ3v) is 13.5. The maximum atomic E-state index is 14.8. The Morgan fingerprint density at radius 1 is 1.07 bits per heavy atom. The standard InChI is InChI=1S/C43H55ClN4O9S/c1-8-23-18-43(23,40(52)53)19-33(49)32-15-27(20-48(32)39(51)29(42(4,5)6)16-36(50)57-26-13-24-9-10-25(14-26)55-24)56-35-17-30(31-21-58-41(47-31)45-22(2)3)46-38-28(35)11-12-34(54-7)37(38)44/h11-12,17,21-27,29,32H,8-10,13-16,18-20H2,1-7H3,(H,45,47)(H,52,53)/t23-,24-,25+,26?,27-,29-,32+,43-/m1/s1. The Bertz CT molecular complexity index is 2060. The first kappa shape index (κ1) is 42.1. The highest BCUT2D eigenvalue weighted by atomic mass is 35.5. The molecule has 7 rings (SSSR count). The van der Waals surface area contributed by atoms with Crippen molar-refractivity contribution in [2.75, 3.05) is 19.0 Å². The second-order valence-corrected chi connectivity index (χ2v) is 19.1. The van der Waals surface area contributed by atoms with E-state index in [2.05, 4.69) is 5.32 Å². The van der Waals surface area contributed by atoms with Gasteiger partial charge in [0.05, 0.1) is 60.9 Å². The molecular weight excluding hydrogens is 784 g/mol. The molecule has 2 bridgehead atoms. The zero-order valence-corrected chi connectivity index (χ0v) is 35.9. The lowest BCUT2D eigenvalue weighted by Crippen LogP contribution is -2.48. The van der Waals surface area contributed by atoms with E-state index in [1.54, 1.807) is 18.2 Å². The van der Waals surface area contributed by atoms with Crippen molar-refractivity contribution < 1.29 is 43.2 Å². The van der Waals surface area contributed by atoms with Crippen LogP contribution < -0.4 is 14.8 Å². The van der Waals surface area contributed by atoms with Gasteiger partial charge < -0.3 is 34.3 Å². The minimum atomic E-state index is -1.15. The Hall–Kier alpha value is -4.01. The third-order valence-electron chi connectivity index (χ3n) is 12.4. The number of thiazole rings is 1. The minimum Gasteiger partial charge on any atom is -0.495 e. The van der Waals surface area contributed by atoms with Gasteiger partial charge in [0.1, 0.15) is 34.4 Å². The Labute approximate surface area is 348 Å². The van der Waals surface area contributed by atoms with Gasteiger partial charge in [-0.3, -0.25) is 19.2 Å². The number of pyridine rings is 1. The smallest absolute Gasteiger partial charge is 0.310 e. The molecule has 15 heteroatoms. The number of hydrogen-bond donors (Lipinski definition) is 2. The van der Waals surface area contributed by atoms with E-state index in [-0.39, 0.29) is 67.8 Å². The molecule has 13 nitrogen and oxygen atoms in total. The number of carboxylic acid groups (broad SMARTS) is 1. The quantitative estimate of drug-likeness (QED) is 0.142. The molecule has 0 spiro atoms. The van der Waals surface area contributed by atoms with Crippen LogP contribution in [0.2, 0.25) is 5.02 Å². The maximum absolute atomic E-state index is 14.8. The number of ketones is 1. The van der Waals surface area contributed by atoms with Crippen molar-refractivity contribution >= 4 is 62.6 Å². The zero-order chi connectivity index (χ0) is 41.7. The molecule has 0 radical (unpaired) electrons. The summed E-state index contributed by atoms with van der Waals surface area (Å²) < 4.78 is 24.2. The van der Waals surface area contributed by atoms with Gasteiger partial charge >= 0.3 is 11.9 Å². The summed E-state index contributed by atoms with van der Waals surface area (Å²) in [5.41, 5.74) is -0.275. The van der Waals surface area contributed by atoms with E-state index in [0.29, 0.717) is 64.5 Å². The lowest BCUT2D eigenvalue weighted by atomic mass is 9.77. The van der Waals surface area contributed by atoms with Gasteiger partial charge in [-0.15, -0.1) is 11.3 Å². The number of amides is 1. The fourth-order valence-corrected chi connectivity index (χ4v) is 10.2. The number of halogens is 1. The van der Waals surface area contributed by atoms with E-state index in [4.69, 9.17) is 40.5 Å². The summed E-state index contributed by atoms with van der Waals surface area (Å²) in [7, 11) is 1.53. The molecule has 4 fully saturated rings. The van der Waals surface area contributed by atoms with Crippen molar-refractivity contribution in [3.8, 4) is 22.9 Å². The van der Waals surface area contributed by atoms with Crippen LogP contribution in [0.1, 0.15) is 99.3 Å². The first-order chi connectivity index (χ1) is 27.5. The van der Waals surface area contributed by atoms with Gasteiger partial charge in [-0.1, -0.05) is 45.7 Å². The van der Waals surface area contributed by atoms with Crippen LogP contribution in [0, 0.1) is 22.7 Å². The number of nitrogens with one attached hydrogen (secondary N) is 1. The number of rotatable bonds is 15. The lowest BCUT2D eigenvalue weighted by molar-refractivity contribution is -0.162. The van der Waals surface area contributed by atoms with Gasteiger partial charge in [-0.2, -0.15) is 0 Å². The van der Waals surface area contributed by atoms with Crippen molar-refractivity contribution in [3.05, 3.63) is 28.6 Å². The van der Waals surface area contributed by atoms with E-state index in [9.17, 15) is 24.3 Å². The molecule has 1 aromatic carbocycles.